The molecule has 0 bridgehead atoms. The summed E-state index contributed by atoms with van der Waals surface area (Å²) in [6.07, 6.45) is 3.75. The summed E-state index contributed by atoms with van der Waals surface area (Å²) in [5.41, 5.74) is 1.32. The Balaban J connectivity index is 1.89. The number of aromatic hydroxyl groups is 1. The van der Waals surface area contributed by atoms with Gasteiger partial charge in [0, 0.05) is 12.6 Å². The molecule has 94 valence electrons. The number of phenolic OH excluding ortho intramolecular Hbond substituents is 1. The van der Waals surface area contributed by atoms with E-state index in [2.05, 4.69) is 18.7 Å². The van der Waals surface area contributed by atoms with Gasteiger partial charge in [-0.2, -0.15) is 0 Å². The van der Waals surface area contributed by atoms with Crippen molar-refractivity contribution >= 4 is 0 Å². The van der Waals surface area contributed by atoms with Crippen LogP contribution in [0.4, 0.5) is 0 Å². The first-order valence-electron chi connectivity index (χ1n) is 6.71. The van der Waals surface area contributed by atoms with Gasteiger partial charge in [0.25, 0.3) is 0 Å². The largest absolute Gasteiger partial charge is 0.508 e. The van der Waals surface area contributed by atoms with Crippen molar-refractivity contribution in [2.45, 2.75) is 39.2 Å². The molecule has 1 heterocycles. The van der Waals surface area contributed by atoms with Gasteiger partial charge in [0.15, 0.2) is 0 Å². The zero-order valence-electron chi connectivity index (χ0n) is 10.9. The van der Waals surface area contributed by atoms with Gasteiger partial charge in [0.1, 0.15) is 5.75 Å². The highest BCUT2D eigenvalue weighted by molar-refractivity contribution is 5.26. The maximum atomic E-state index is 9.26. The second-order valence-corrected chi connectivity index (χ2v) is 5.28. The number of hydrogen-bond acceptors (Lipinski definition) is 2. The molecule has 1 aromatic carbocycles. The first-order valence-corrected chi connectivity index (χ1v) is 6.71. The Morgan fingerprint density at radius 3 is 2.65 bits per heavy atom. The van der Waals surface area contributed by atoms with E-state index in [1.54, 1.807) is 12.1 Å². The Morgan fingerprint density at radius 2 is 2.06 bits per heavy atom. The second kappa shape index (κ2) is 5.54. The van der Waals surface area contributed by atoms with Crippen LogP contribution in [0.2, 0.25) is 0 Å². The van der Waals surface area contributed by atoms with Gasteiger partial charge in [-0.15, -0.1) is 0 Å². The summed E-state index contributed by atoms with van der Waals surface area (Å²) < 4.78 is 0. The molecule has 17 heavy (non-hydrogen) atoms. The molecule has 2 nitrogen and oxygen atoms in total. The van der Waals surface area contributed by atoms with Gasteiger partial charge in [-0.3, -0.25) is 0 Å². The smallest absolute Gasteiger partial charge is 0.115 e. The van der Waals surface area contributed by atoms with E-state index in [4.69, 9.17) is 0 Å². The highest BCUT2D eigenvalue weighted by Crippen LogP contribution is 2.22. The lowest BCUT2D eigenvalue weighted by Crippen LogP contribution is -2.32. The van der Waals surface area contributed by atoms with Crippen LogP contribution in [-0.2, 0) is 6.42 Å². The van der Waals surface area contributed by atoms with E-state index in [1.807, 2.05) is 12.1 Å². The van der Waals surface area contributed by atoms with Crippen molar-refractivity contribution in [1.29, 1.82) is 0 Å². The first-order chi connectivity index (χ1) is 8.19. The van der Waals surface area contributed by atoms with Crippen LogP contribution in [0.5, 0.6) is 5.75 Å². The maximum Gasteiger partial charge on any atom is 0.115 e. The first kappa shape index (κ1) is 12.4. The quantitative estimate of drug-likeness (QED) is 0.864. The van der Waals surface area contributed by atoms with Gasteiger partial charge < -0.3 is 10.0 Å². The molecule has 2 heteroatoms. The van der Waals surface area contributed by atoms with E-state index < -0.39 is 0 Å². The Bertz CT molecular complexity index is 346. The fourth-order valence-electron chi connectivity index (χ4n) is 2.70. The lowest BCUT2D eigenvalue weighted by atomic mass is 10.1. The standard InChI is InChI=1S/C15H23NO/c1-3-13-8-9-16(11-13)12(2)10-14-4-6-15(17)7-5-14/h4-7,12-13,17H,3,8-11H2,1-2H3. The molecule has 0 aliphatic carbocycles. The Labute approximate surface area is 104 Å². The van der Waals surface area contributed by atoms with E-state index in [1.165, 1.54) is 31.5 Å². The second-order valence-electron chi connectivity index (χ2n) is 5.28. The zero-order valence-corrected chi connectivity index (χ0v) is 10.9. The molecular weight excluding hydrogens is 210 g/mol. The summed E-state index contributed by atoms with van der Waals surface area (Å²) in [7, 11) is 0. The van der Waals surface area contributed by atoms with Crippen LogP contribution in [0.15, 0.2) is 24.3 Å². The van der Waals surface area contributed by atoms with Crippen LogP contribution in [0, 0.1) is 5.92 Å². The van der Waals surface area contributed by atoms with E-state index >= 15 is 0 Å². The van der Waals surface area contributed by atoms with E-state index in [9.17, 15) is 5.11 Å². The molecule has 0 saturated carbocycles. The predicted molar refractivity (Wildman–Crippen MR) is 71.2 cm³/mol. The molecule has 1 aliphatic rings. The average Bonchev–Trinajstić information content (AvgIpc) is 2.81. The van der Waals surface area contributed by atoms with Crippen LogP contribution in [0.3, 0.4) is 0 Å². The summed E-state index contributed by atoms with van der Waals surface area (Å²) in [6, 6.07) is 8.22. The minimum absolute atomic E-state index is 0.355. The summed E-state index contributed by atoms with van der Waals surface area (Å²) >= 11 is 0. The van der Waals surface area contributed by atoms with Crippen LogP contribution in [0.25, 0.3) is 0 Å². The number of benzene rings is 1. The fraction of sp³-hybridized carbons (Fsp3) is 0.600. The number of hydrogen-bond donors (Lipinski definition) is 1. The molecule has 1 fully saturated rings. The van der Waals surface area contributed by atoms with Crippen molar-refractivity contribution in [2.75, 3.05) is 13.1 Å². The molecule has 0 amide bonds. The van der Waals surface area contributed by atoms with Crippen molar-refractivity contribution in [2.24, 2.45) is 5.92 Å². The molecule has 1 aliphatic heterocycles. The number of likely N-dealkylation sites (tertiary alicyclic amines) is 1. The summed E-state index contributed by atoms with van der Waals surface area (Å²) in [4.78, 5) is 2.60. The van der Waals surface area contributed by atoms with Crippen molar-refractivity contribution in [3.05, 3.63) is 29.8 Å². The molecule has 2 rings (SSSR count). The maximum absolute atomic E-state index is 9.26. The zero-order chi connectivity index (χ0) is 12.3. The van der Waals surface area contributed by atoms with Crippen LogP contribution >= 0.6 is 0 Å². The lowest BCUT2D eigenvalue weighted by Gasteiger charge is -2.24. The number of phenols is 1. The van der Waals surface area contributed by atoms with Gasteiger partial charge in [0.2, 0.25) is 0 Å². The molecule has 1 aromatic rings. The monoisotopic (exact) mass is 233 g/mol. The summed E-state index contributed by atoms with van der Waals surface area (Å²) in [6.45, 7) is 7.11. The predicted octanol–water partition coefficient (Wildman–Crippen LogP) is 3.06. The Morgan fingerprint density at radius 1 is 1.35 bits per heavy atom. The molecule has 1 saturated heterocycles. The third-order valence-corrected chi connectivity index (χ3v) is 3.99. The lowest BCUT2D eigenvalue weighted by molar-refractivity contribution is 0.247. The van der Waals surface area contributed by atoms with Crippen molar-refractivity contribution in [1.82, 2.24) is 4.90 Å². The SMILES string of the molecule is CCC1CCN(C(C)Cc2ccc(O)cc2)C1. The third kappa shape index (κ3) is 3.22. The van der Waals surface area contributed by atoms with Crippen molar-refractivity contribution in [3.63, 3.8) is 0 Å². The highest BCUT2D eigenvalue weighted by Gasteiger charge is 2.24. The van der Waals surface area contributed by atoms with Gasteiger partial charge in [-0.25, -0.2) is 0 Å². The third-order valence-electron chi connectivity index (χ3n) is 3.99. The average molecular weight is 233 g/mol. The molecular formula is C15H23NO. The molecule has 2 unspecified atom stereocenters. The normalized spacial score (nSPS) is 22.8. The van der Waals surface area contributed by atoms with E-state index in [-0.39, 0.29) is 0 Å². The van der Waals surface area contributed by atoms with Crippen LogP contribution in [0.1, 0.15) is 32.3 Å². The van der Waals surface area contributed by atoms with Crippen LogP contribution < -0.4 is 0 Å². The van der Waals surface area contributed by atoms with Crippen LogP contribution in [-0.4, -0.2) is 29.1 Å². The Hall–Kier alpha value is -1.02. The number of rotatable bonds is 4. The number of nitrogens with zero attached hydrogens (tertiary/aromatic N) is 1. The topological polar surface area (TPSA) is 23.5 Å². The van der Waals surface area contributed by atoms with Gasteiger partial charge in [-0.1, -0.05) is 25.5 Å². The van der Waals surface area contributed by atoms with Gasteiger partial charge >= 0.3 is 0 Å². The molecule has 1 N–H and O–H groups in total. The fourth-order valence-corrected chi connectivity index (χ4v) is 2.70. The molecule has 0 radical (unpaired) electrons. The minimum atomic E-state index is 0.355. The summed E-state index contributed by atoms with van der Waals surface area (Å²) in [5.74, 6) is 1.26. The minimum Gasteiger partial charge on any atom is -0.508 e. The molecule has 2 atom stereocenters. The van der Waals surface area contributed by atoms with Crippen molar-refractivity contribution < 1.29 is 5.11 Å². The summed E-state index contributed by atoms with van der Waals surface area (Å²) in [5, 5.41) is 9.26. The highest BCUT2D eigenvalue weighted by atomic mass is 16.3. The van der Waals surface area contributed by atoms with E-state index in [0.29, 0.717) is 11.8 Å². The van der Waals surface area contributed by atoms with Crippen molar-refractivity contribution in [3.8, 4) is 5.75 Å². The van der Waals surface area contributed by atoms with Gasteiger partial charge in [0.05, 0.1) is 0 Å². The van der Waals surface area contributed by atoms with E-state index in [0.717, 1.165) is 12.3 Å². The Kier molecular flexibility index (Phi) is 4.06. The molecule has 0 spiro atoms. The van der Waals surface area contributed by atoms with Gasteiger partial charge in [-0.05, 0) is 49.9 Å². The molecule has 0 aromatic heterocycles.